The number of aliphatic imine (C=N–C) groups is 1. The fraction of sp³-hybridized carbons (Fsp3) is 0.257. The summed E-state index contributed by atoms with van der Waals surface area (Å²) >= 11 is 0. The van der Waals surface area contributed by atoms with Gasteiger partial charge in [-0.25, -0.2) is 4.99 Å². The molecule has 0 spiro atoms. The minimum absolute atomic E-state index is 0.0677. The maximum absolute atomic E-state index is 13.3. The predicted molar refractivity (Wildman–Crippen MR) is 164 cm³/mol. The topological polar surface area (TPSA) is 85.1 Å². The van der Waals surface area contributed by atoms with Crippen molar-refractivity contribution in [2.24, 2.45) is 22.7 Å². The number of fused-ring (bicyclic) bond motifs is 3. The number of nitrogens with one attached hydrogen (secondary N) is 1. The molecule has 210 valence electrons. The number of amides is 1. The Kier molecular flexibility index (Phi) is 5.82. The molecule has 0 bridgehead atoms. The van der Waals surface area contributed by atoms with E-state index in [1.54, 1.807) is 6.26 Å². The van der Waals surface area contributed by atoms with Gasteiger partial charge in [0, 0.05) is 53.8 Å². The van der Waals surface area contributed by atoms with Gasteiger partial charge in [0.25, 0.3) is 0 Å². The van der Waals surface area contributed by atoms with Crippen LogP contribution in [0.2, 0.25) is 0 Å². The molecule has 4 heterocycles. The van der Waals surface area contributed by atoms with Gasteiger partial charge in [-0.2, -0.15) is 0 Å². The van der Waals surface area contributed by atoms with Crippen molar-refractivity contribution in [2.45, 2.75) is 12.8 Å². The first-order valence-corrected chi connectivity index (χ1v) is 14.7. The minimum atomic E-state index is 0.0677. The zero-order chi connectivity index (χ0) is 28.4. The van der Waals surface area contributed by atoms with Gasteiger partial charge in [0.1, 0.15) is 5.76 Å². The molecule has 1 aliphatic carbocycles. The highest BCUT2D eigenvalue weighted by molar-refractivity contribution is 6.22. The van der Waals surface area contributed by atoms with Crippen LogP contribution in [0.5, 0.6) is 5.88 Å². The van der Waals surface area contributed by atoms with Crippen LogP contribution in [-0.4, -0.2) is 53.3 Å². The van der Waals surface area contributed by atoms with E-state index in [0.29, 0.717) is 35.4 Å². The summed E-state index contributed by atoms with van der Waals surface area (Å²) in [5, 5.41) is 12.0. The van der Waals surface area contributed by atoms with Crippen molar-refractivity contribution >= 4 is 33.9 Å². The Labute approximate surface area is 244 Å². The second kappa shape index (κ2) is 9.74. The van der Waals surface area contributed by atoms with E-state index in [1.165, 1.54) is 0 Å². The Bertz CT molecular complexity index is 1830. The lowest BCUT2D eigenvalue weighted by atomic mass is 9.99. The number of aromatic hydroxyl groups is 1. The van der Waals surface area contributed by atoms with Gasteiger partial charge >= 0.3 is 0 Å². The molecule has 2 aliphatic heterocycles. The SMILES string of the molecule is CN1CC2C(CC(=O)N3CCc4cc(N=C(c5ccccc5)c5c(O)[nH]c6cc(-c7ccco7)ccc56)ccc43)C2C1. The molecule has 3 aliphatic rings. The third-order valence-corrected chi connectivity index (χ3v) is 9.33. The highest BCUT2D eigenvalue weighted by Crippen LogP contribution is 2.53. The van der Waals surface area contributed by atoms with E-state index in [2.05, 4.69) is 23.0 Å². The van der Waals surface area contributed by atoms with E-state index in [9.17, 15) is 9.90 Å². The summed E-state index contributed by atoms with van der Waals surface area (Å²) in [6.45, 7) is 2.97. The van der Waals surface area contributed by atoms with E-state index in [4.69, 9.17) is 9.41 Å². The number of aromatic amines is 1. The molecule has 5 aromatic rings. The third-order valence-electron chi connectivity index (χ3n) is 9.33. The van der Waals surface area contributed by atoms with E-state index in [0.717, 1.165) is 70.8 Å². The molecular formula is C35H32N4O3. The quantitative estimate of drug-likeness (QED) is 0.237. The highest BCUT2D eigenvalue weighted by atomic mass is 16.3. The van der Waals surface area contributed by atoms with Gasteiger partial charge in [0.05, 0.1) is 23.2 Å². The fourth-order valence-electron chi connectivity index (χ4n) is 7.20. The number of H-pyrrole nitrogens is 1. The van der Waals surface area contributed by atoms with Crippen molar-refractivity contribution in [3.8, 4) is 17.2 Å². The van der Waals surface area contributed by atoms with Gasteiger partial charge in [-0.1, -0.05) is 42.5 Å². The molecule has 8 rings (SSSR count). The number of anilines is 1. The zero-order valence-corrected chi connectivity index (χ0v) is 23.5. The largest absolute Gasteiger partial charge is 0.494 e. The molecule has 3 aromatic carbocycles. The Morgan fingerprint density at radius 3 is 2.64 bits per heavy atom. The second-order valence-corrected chi connectivity index (χ2v) is 11.9. The monoisotopic (exact) mass is 556 g/mol. The van der Waals surface area contributed by atoms with Crippen molar-refractivity contribution in [1.29, 1.82) is 0 Å². The number of aromatic nitrogens is 1. The van der Waals surface area contributed by atoms with Crippen LogP contribution >= 0.6 is 0 Å². The molecule has 7 nitrogen and oxygen atoms in total. The molecule has 0 radical (unpaired) electrons. The normalized spacial score (nSPS) is 21.6. The average Bonchev–Trinajstić information content (AvgIpc) is 3.60. The van der Waals surface area contributed by atoms with Crippen molar-refractivity contribution in [3.63, 3.8) is 0 Å². The van der Waals surface area contributed by atoms with Crippen LogP contribution in [0, 0.1) is 17.8 Å². The number of furan rings is 1. The van der Waals surface area contributed by atoms with Crippen LogP contribution in [0.4, 0.5) is 11.4 Å². The zero-order valence-electron chi connectivity index (χ0n) is 23.5. The third kappa shape index (κ3) is 4.23. The van der Waals surface area contributed by atoms with Gasteiger partial charge in [-0.05, 0) is 73.2 Å². The summed E-state index contributed by atoms with van der Waals surface area (Å²) in [7, 11) is 2.17. The van der Waals surface area contributed by atoms with Crippen LogP contribution in [0.1, 0.15) is 23.1 Å². The first-order chi connectivity index (χ1) is 20.5. The summed E-state index contributed by atoms with van der Waals surface area (Å²) in [4.78, 5) is 25.9. The first kappa shape index (κ1) is 25.1. The van der Waals surface area contributed by atoms with Crippen molar-refractivity contribution in [3.05, 3.63) is 102 Å². The standard InChI is InChI=1S/C35H32N4O3/c1-38-19-27-26(28(27)20-38)18-32(40)39-14-13-22-16-24(10-12-30(22)39)36-34(21-6-3-2-4-7-21)33-25-11-9-23(31-8-5-15-42-31)17-29(25)37-35(33)41/h2-12,15-17,26-28,37,41H,13-14,18-20H2,1H3. The molecule has 1 amide bonds. The second-order valence-electron chi connectivity index (χ2n) is 11.9. The minimum Gasteiger partial charge on any atom is -0.494 e. The number of hydrogen-bond donors (Lipinski definition) is 2. The molecule has 7 heteroatoms. The number of benzene rings is 3. The summed E-state index contributed by atoms with van der Waals surface area (Å²) in [6, 6.07) is 25.8. The van der Waals surface area contributed by atoms with Gasteiger partial charge in [0.15, 0.2) is 5.88 Å². The number of nitrogens with zero attached hydrogens (tertiary/aromatic N) is 3. The van der Waals surface area contributed by atoms with E-state index in [1.807, 2.05) is 77.7 Å². The number of carbonyl (C=O) groups is 1. The number of likely N-dealkylation sites (tertiary alicyclic amines) is 1. The van der Waals surface area contributed by atoms with Crippen molar-refractivity contribution in [1.82, 2.24) is 9.88 Å². The van der Waals surface area contributed by atoms with Crippen LogP contribution in [0.25, 0.3) is 22.2 Å². The van der Waals surface area contributed by atoms with Gasteiger partial charge in [0.2, 0.25) is 5.91 Å². The first-order valence-electron chi connectivity index (χ1n) is 14.7. The van der Waals surface area contributed by atoms with Crippen LogP contribution < -0.4 is 4.90 Å². The van der Waals surface area contributed by atoms with Gasteiger partial charge in [-0.15, -0.1) is 0 Å². The highest BCUT2D eigenvalue weighted by Gasteiger charge is 2.55. The molecular weight excluding hydrogens is 524 g/mol. The molecule has 2 unspecified atom stereocenters. The van der Waals surface area contributed by atoms with Crippen molar-refractivity contribution in [2.75, 3.05) is 31.6 Å². The summed E-state index contributed by atoms with van der Waals surface area (Å²) in [5.41, 5.74) is 6.90. The lowest BCUT2D eigenvalue weighted by Gasteiger charge is -2.19. The Hall–Kier alpha value is -4.62. The van der Waals surface area contributed by atoms with E-state index < -0.39 is 0 Å². The Balaban J connectivity index is 1.12. The summed E-state index contributed by atoms with van der Waals surface area (Å²) < 4.78 is 5.58. The number of carbonyl (C=O) groups excluding carboxylic acids is 1. The van der Waals surface area contributed by atoms with Gasteiger partial charge in [-0.3, -0.25) is 4.79 Å². The lowest BCUT2D eigenvalue weighted by Crippen LogP contribution is -2.30. The number of rotatable bonds is 6. The van der Waals surface area contributed by atoms with E-state index in [-0.39, 0.29) is 11.8 Å². The molecule has 2 N–H and O–H groups in total. The maximum atomic E-state index is 13.3. The lowest BCUT2D eigenvalue weighted by molar-refractivity contribution is -0.119. The Morgan fingerprint density at radius 1 is 1.02 bits per heavy atom. The average molecular weight is 557 g/mol. The van der Waals surface area contributed by atoms with Gasteiger partial charge < -0.3 is 24.3 Å². The predicted octanol–water partition coefficient (Wildman–Crippen LogP) is 6.39. The van der Waals surface area contributed by atoms with Crippen LogP contribution in [-0.2, 0) is 11.2 Å². The maximum Gasteiger partial charge on any atom is 0.227 e. The molecule has 2 aromatic heterocycles. The Morgan fingerprint density at radius 2 is 1.86 bits per heavy atom. The molecule has 1 saturated heterocycles. The molecule has 2 atom stereocenters. The van der Waals surface area contributed by atoms with Crippen LogP contribution in [0.3, 0.4) is 0 Å². The smallest absolute Gasteiger partial charge is 0.227 e. The summed E-state index contributed by atoms with van der Waals surface area (Å²) in [6.07, 6.45) is 3.13. The molecule has 2 fully saturated rings. The van der Waals surface area contributed by atoms with Crippen molar-refractivity contribution < 1.29 is 14.3 Å². The number of hydrogen-bond acceptors (Lipinski definition) is 5. The summed E-state index contributed by atoms with van der Waals surface area (Å²) in [5.74, 6) is 3.03. The fourth-order valence-corrected chi connectivity index (χ4v) is 7.20. The molecule has 42 heavy (non-hydrogen) atoms. The van der Waals surface area contributed by atoms with E-state index >= 15 is 0 Å². The number of piperidine rings is 1. The molecule has 1 saturated carbocycles. The van der Waals surface area contributed by atoms with Crippen LogP contribution in [0.15, 0.2) is 94.5 Å².